The number of hydrogen-bond donors (Lipinski definition) is 1. The van der Waals surface area contributed by atoms with Gasteiger partial charge in [-0.15, -0.1) is 0 Å². The molecule has 6 nitrogen and oxygen atoms in total. The molecule has 0 saturated heterocycles. The van der Waals surface area contributed by atoms with Crippen LogP contribution >= 0.6 is 11.8 Å². The zero-order valence-electron chi connectivity index (χ0n) is 13.6. The lowest BCUT2D eigenvalue weighted by Gasteiger charge is -2.28. The molecule has 1 N–H and O–H groups in total. The highest BCUT2D eigenvalue weighted by atomic mass is 32.2. The van der Waals surface area contributed by atoms with Gasteiger partial charge >= 0.3 is 0 Å². The van der Waals surface area contributed by atoms with Gasteiger partial charge in [0, 0.05) is 43.5 Å². The highest BCUT2D eigenvalue weighted by molar-refractivity contribution is 7.99. The van der Waals surface area contributed by atoms with Crippen LogP contribution in [-0.4, -0.2) is 36.5 Å². The van der Waals surface area contributed by atoms with Crippen LogP contribution in [0, 0.1) is 0 Å². The molecule has 2 aromatic heterocycles. The largest absolute Gasteiger partial charge is 0.348 e. The number of rotatable bonds is 5. The number of nitrogens with one attached hydrogen (secondary N) is 1. The van der Waals surface area contributed by atoms with Crippen molar-refractivity contribution < 1.29 is 4.79 Å². The molecule has 3 rings (SSSR count). The molecule has 1 aliphatic rings. The Bertz CT molecular complexity index is 657. The van der Waals surface area contributed by atoms with E-state index >= 15 is 0 Å². The molecular weight excluding hydrogens is 310 g/mol. The molecule has 1 fully saturated rings. The minimum Gasteiger partial charge on any atom is -0.348 e. The van der Waals surface area contributed by atoms with Gasteiger partial charge in [0.2, 0.25) is 0 Å². The number of carbonyl (C=O) groups is 1. The zero-order valence-corrected chi connectivity index (χ0v) is 14.4. The number of hydrogen-bond acceptors (Lipinski definition) is 4. The second-order valence-corrected chi connectivity index (χ2v) is 7.21. The molecule has 0 aliphatic heterocycles. The third-order valence-corrected chi connectivity index (χ3v) is 5.66. The number of thioether (sulfide) groups is 1. The van der Waals surface area contributed by atoms with E-state index < -0.39 is 0 Å². The van der Waals surface area contributed by atoms with E-state index in [2.05, 4.69) is 20.0 Å². The van der Waals surface area contributed by atoms with Crippen LogP contribution in [0.3, 0.4) is 0 Å². The monoisotopic (exact) mass is 333 g/mol. The van der Waals surface area contributed by atoms with E-state index in [9.17, 15) is 4.79 Å². The van der Waals surface area contributed by atoms with Crippen LogP contribution in [0.5, 0.6) is 0 Å². The predicted molar refractivity (Wildman–Crippen MR) is 90.5 cm³/mol. The molecule has 1 aliphatic carbocycles. The lowest BCUT2D eigenvalue weighted by Crippen LogP contribution is -2.38. The third kappa shape index (κ3) is 3.96. The predicted octanol–water partition coefficient (Wildman–Crippen LogP) is 2.47. The summed E-state index contributed by atoms with van der Waals surface area (Å²) in [6, 6.07) is 2.04. The Balaban J connectivity index is 1.47. The molecule has 0 spiro atoms. The average Bonchev–Trinajstić information content (AvgIpc) is 3.19. The van der Waals surface area contributed by atoms with Crippen LogP contribution in [0.1, 0.15) is 43.1 Å². The van der Waals surface area contributed by atoms with Crippen LogP contribution in [0.2, 0.25) is 0 Å². The SMILES string of the molecule is CCn1ccc(C(=O)NC2CCC(Sc3nccn3C)CC2)n1. The van der Waals surface area contributed by atoms with Crippen LogP contribution < -0.4 is 5.32 Å². The standard InChI is InChI=1S/C16H23N5OS/c1-3-21-10-8-14(19-21)15(22)18-12-4-6-13(7-5-12)23-16-17-9-11-20(16)2/h8-13H,3-7H2,1-2H3,(H,18,22). The fourth-order valence-corrected chi connectivity index (χ4v) is 4.01. The van der Waals surface area contributed by atoms with E-state index in [0.29, 0.717) is 10.9 Å². The van der Waals surface area contributed by atoms with Gasteiger partial charge < -0.3 is 9.88 Å². The third-order valence-electron chi connectivity index (χ3n) is 4.26. The summed E-state index contributed by atoms with van der Waals surface area (Å²) in [4.78, 5) is 16.6. The van der Waals surface area contributed by atoms with E-state index in [-0.39, 0.29) is 11.9 Å². The molecule has 0 radical (unpaired) electrons. The molecule has 23 heavy (non-hydrogen) atoms. The smallest absolute Gasteiger partial charge is 0.271 e. The van der Waals surface area contributed by atoms with Gasteiger partial charge in [0.1, 0.15) is 5.69 Å². The Morgan fingerprint density at radius 3 is 2.74 bits per heavy atom. The molecule has 0 atom stereocenters. The van der Waals surface area contributed by atoms with Gasteiger partial charge in [-0.2, -0.15) is 5.10 Å². The van der Waals surface area contributed by atoms with E-state index in [4.69, 9.17) is 0 Å². The first-order valence-electron chi connectivity index (χ1n) is 8.14. The molecule has 2 heterocycles. The Labute approximate surface area is 140 Å². The molecule has 124 valence electrons. The van der Waals surface area contributed by atoms with Crippen LogP contribution in [0.4, 0.5) is 0 Å². The summed E-state index contributed by atoms with van der Waals surface area (Å²) in [7, 11) is 2.02. The van der Waals surface area contributed by atoms with Crippen molar-refractivity contribution in [2.24, 2.45) is 7.05 Å². The van der Waals surface area contributed by atoms with E-state index in [0.717, 1.165) is 37.4 Å². The summed E-state index contributed by atoms with van der Waals surface area (Å²) in [5, 5.41) is 9.04. The quantitative estimate of drug-likeness (QED) is 0.913. The maximum absolute atomic E-state index is 12.2. The van der Waals surface area contributed by atoms with Gasteiger partial charge in [0.05, 0.1) is 0 Å². The summed E-state index contributed by atoms with van der Waals surface area (Å²) in [5.41, 5.74) is 0.511. The molecule has 1 saturated carbocycles. The van der Waals surface area contributed by atoms with Crippen molar-refractivity contribution in [3.63, 3.8) is 0 Å². The summed E-state index contributed by atoms with van der Waals surface area (Å²) in [6.07, 6.45) is 9.89. The van der Waals surface area contributed by atoms with Crippen LogP contribution in [0.15, 0.2) is 29.8 Å². The molecule has 0 bridgehead atoms. The number of imidazole rings is 1. The van der Waals surface area contributed by atoms with Crippen molar-refractivity contribution in [2.75, 3.05) is 0 Å². The van der Waals surface area contributed by atoms with Gasteiger partial charge in [0.15, 0.2) is 5.16 Å². The molecule has 0 unspecified atom stereocenters. The number of amides is 1. The summed E-state index contributed by atoms with van der Waals surface area (Å²) < 4.78 is 3.83. The molecule has 7 heteroatoms. The number of aryl methyl sites for hydroxylation is 2. The first kappa shape index (κ1) is 16.1. The average molecular weight is 333 g/mol. The van der Waals surface area contributed by atoms with Gasteiger partial charge in [0.25, 0.3) is 5.91 Å². The number of carbonyl (C=O) groups excluding carboxylic acids is 1. The molecule has 2 aromatic rings. The topological polar surface area (TPSA) is 64.7 Å². The summed E-state index contributed by atoms with van der Waals surface area (Å²) >= 11 is 1.84. The van der Waals surface area contributed by atoms with Crippen molar-refractivity contribution in [1.29, 1.82) is 0 Å². The summed E-state index contributed by atoms with van der Waals surface area (Å²) in [6.45, 7) is 2.79. The number of aromatic nitrogens is 4. The minimum absolute atomic E-state index is 0.0580. The van der Waals surface area contributed by atoms with E-state index in [1.807, 2.05) is 44.3 Å². The second-order valence-electron chi connectivity index (χ2n) is 5.94. The normalized spacial score (nSPS) is 21.3. The molecule has 1 amide bonds. The maximum atomic E-state index is 12.2. The van der Waals surface area contributed by atoms with Gasteiger partial charge in [-0.25, -0.2) is 4.98 Å². The van der Waals surface area contributed by atoms with Crippen molar-refractivity contribution in [3.05, 3.63) is 30.4 Å². The summed E-state index contributed by atoms with van der Waals surface area (Å²) in [5.74, 6) is -0.0580. The van der Waals surface area contributed by atoms with Crippen LogP contribution in [-0.2, 0) is 13.6 Å². The van der Waals surface area contributed by atoms with Crippen molar-refractivity contribution >= 4 is 17.7 Å². The van der Waals surface area contributed by atoms with E-state index in [1.165, 1.54) is 0 Å². The molecule has 0 aromatic carbocycles. The van der Waals surface area contributed by atoms with Crippen molar-refractivity contribution in [3.8, 4) is 0 Å². The number of nitrogens with zero attached hydrogens (tertiary/aromatic N) is 4. The lowest BCUT2D eigenvalue weighted by molar-refractivity contribution is 0.0922. The minimum atomic E-state index is -0.0580. The van der Waals surface area contributed by atoms with Crippen molar-refractivity contribution in [1.82, 2.24) is 24.6 Å². The first-order chi connectivity index (χ1) is 11.2. The Morgan fingerprint density at radius 2 is 2.13 bits per heavy atom. The fraction of sp³-hybridized carbons (Fsp3) is 0.562. The van der Waals surface area contributed by atoms with Crippen LogP contribution in [0.25, 0.3) is 0 Å². The van der Waals surface area contributed by atoms with Gasteiger partial charge in [-0.1, -0.05) is 11.8 Å². The zero-order chi connectivity index (χ0) is 16.2. The highest BCUT2D eigenvalue weighted by Crippen LogP contribution is 2.32. The Hall–Kier alpha value is -1.76. The maximum Gasteiger partial charge on any atom is 0.271 e. The highest BCUT2D eigenvalue weighted by Gasteiger charge is 2.24. The van der Waals surface area contributed by atoms with Crippen molar-refractivity contribution in [2.45, 2.75) is 55.6 Å². The lowest BCUT2D eigenvalue weighted by atomic mass is 9.95. The molecular formula is C16H23N5OS. The van der Waals surface area contributed by atoms with Gasteiger partial charge in [-0.3, -0.25) is 9.48 Å². The Kier molecular flexibility index (Phi) is 5.05. The fourth-order valence-electron chi connectivity index (χ4n) is 2.86. The second kappa shape index (κ2) is 7.21. The first-order valence-corrected chi connectivity index (χ1v) is 9.02. The Morgan fingerprint density at radius 1 is 1.35 bits per heavy atom. The van der Waals surface area contributed by atoms with E-state index in [1.54, 1.807) is 10.7 Å². The van der Waals surface area contributed by atoms with Gasteiger partial charge in [-0.05, 0) is 38.7 Å².